The number of methoxy groups -OCH3 is 1. The van der Waals surface area contributed by atoms with E-state index in [1.54, 1.807) is 7.11 Å². The van der Waals surface area contributed by atoms with Gasteiger partial charge in [-0.1, -0.05) is 12.8 Å². The lowest BCUT2D eigenvalue weighted by Gasteiger charge is -2.28. The van der Waals surface area contributed by atoms with Gasteiger partial charge in [0, 0.05) is 13.5 Å². The van der Waals surface area contributed by atoms with E-state index in [9.17, 15) is 4.79 Å². The molecule has 64 valence electrons. The van der Waals surface area contributed by atoms with Gasteiger partial charge < -0.3 is 9.53 Å². The predicted octanol–water partition coefficient (Wildman–Crippen LogP) is 1.78. The summed E-state index contributed by atoms with van der Waals surface area (Å²) < 4.78 is 5.30. The van der Waals surface area contributed by atoms with Gasteiger partial charge in [0.25, 0.3) is 0 Å². The zero-order valence-electron chi connectivity index (χ0n) is 7.08. The van der Waals surface area contributed by atoms with E-state index in [4.69, 9.17) is 4.74 Å². The molecule has 0 spiro atoms. The van der Waals surface area contributed by atoms with E-state index in [-0.39, 0.29) is 0 Å². The molecule has 1 aliphatic rings. The molecule has 0 aromatic carbocycles. The fourth-order valence-electron chi connectivity index (χ4n) is 1.88. The van der Waals surface area contributed by atoms with Crippen LogP contribution in [-0.2, 0) is 9.53 Å². The number of ether oxygens (including phenoxy) is 1. The van der Waals surface area contributed by atoms with Crippen molar-refractivity contribution in [3.05, 3.63) is 0 Å². The van der Waals surface area contributed by atoms with Gasteiger partial charge in [-0.25, -0.2) is 0 Å². The first kappa shape index (κ1) is 8.72. The molecule has 11 heavy (non-hydrogen) atoms. The molecule has 1 aliphatic carbocycles. The molecule has 1 rings (SSSR count). The zero-order chi connectivity index (χ0) is 8.10. The second kappa shape index (κ2) is 4.50. The number of carbonyl (C=O) groups excluding carboxylic acids is 1. The molecule has 2 atom stereocenters. The molecule has 1 saturated carbocycles. The number of aldehydes is 1. The van der Waals surface area contributed by atoms with Crippen molar-refractivity contribution in [2.45, 2.75) is 38.2 Å². The van der Waals surface area contributed by atoms with Crippen molar-refractivity contribution in [2.75, 3.05) is 7.11 Å². The number of hydrogen-bond donors (Lipinski definition) is 0. The molecular weight excluding hydrogens is 140 g/mol. The minimum atomic E-state index is 0.342. The largest absolute Gasteiger partial charge is 0.381 e. The summed E-state index contributed by atoms with van der Waals surface area (Å²) in [5.41, 5.74) is 0. The topological polar surface area (TPSA) is 26.3 Å². The molecule has 0 aliphatic heterocycles. The Hall–Kier alpha value is -0.370. The standard InChI is InChI=1S/C9H16O2/c1-11-9-5-3-2-4-8(9)6-7-10/h7-9H,2-6H2,1H3. The highest BCUT2D eigenvalue weighted by atomic mass is 16.5. The lowest BCUT2D eigenvalue weighted by atomic mass is 9.85. The Morgan fingerprint density at radius 1 is 1.45 bits per heavy atom. The van der Waals surface area contributed by atoms with Gasteiger partial charge in [-0.2, -0.15) is 0 Å². The fraction of sp³-hybridized carbons (Fsp3) is 0.889. The van der Waals surface area contributed by atoms with Crippen molar-refractivity contribution in [2.24, 2.45) is 5.92 Å². The zero-order valence-corrected chi connectivity index (χ0v) is 7.08. The fourth-order valence-corrected chi connectivity index (χ4v) is 1.88. The third-order valence-electron chi connectivity index (χ3n) is 2.54. The maximum atomic E-state index is 10.3. The molecule has 0 N–H and O–H groups in total. The second-order valence-electron chi connectivity index (χ2n) is 3.22. The molecule has 0 heterocycles. The van der Waals surface area contributed by atoms with Gasteiger partial charge in [-0.15, -0.1) is 0 Å². The van der Waals surface area contributed by atoms with E-state index in [1.807, 2.05) is 0 Å². The summed E-state index contributed by atoms with van der Waals surface area (Å²) in [5, 5.41) is 0. The van der Waals surface area contributed by atoms with E-state index >= 15 is 0 Å². The third kappa shape index (κ3) is 2.29. The highest BCUT2D eigenvalue weighted by molar-refractivity contribution is 5.49. The van der Waals surface area contributed by atoms with Crippen molar-refractivity contribution in [1.29, 1.82) is 0 Å². The van der Waals surface area contributed by atoms with Gasteiger partial charge in [0.1, 0.15) is 6.29 Å². The molecule has 1 fully saturated rings. The van der Waals surface area contributed by atoms with Gasteiger partial charge in [-0.3, -0.25) is 0 Å². The van der Waals surface area contributed by atoms with Crippen LogP contribution in [-0.4, -0.2) is 19.5 Å². The summed E-state index contributed by atoms with van der Waals surface area (Å²) in [6.45, 7) is 0. The van der Waals surface area contributed by atoms with Crippen molar-refractivity contribution in [3.63, 3.8) is 0 Å². The molecular formula is C9H16O2. The Morgan fingerprint density at radius 3 is 2.82 bits per heavy atom. The Labute approximate surface area is 67.9 Å². The van der Waals surface area contributed by atoms with Crippen LogP contribution in [0, 0.1) is 5.92 Å². The minimum absolute atomic E-state index is 0.342. The van der Waals surface area contributed by atoms with Crippen LogP contribution in [0.15, 0.2) is 0 Å². The van der Waals surface area contributed by atoms with Crippen LogP contribution in [0.4, 0.5) is 0 Å². The van der Waals surface area contributed by atoms with Gasteiger partial charge >= 0.3 is 0 Å². The maximum Gasteiger partial charge on any atom is 0.120 e. The molecule has 2 heteroatoms. The minimum Gasteiger partial charge on any atom is -0.381 e. The first-order valence-electron chi connectivity index (χ1n) is 4.35. The van der Waals surface area contributed by atoms with Crippen molar-refractivity contribution in [1.82, 2.24) is 0 Å². The Kier molecular flexibility index (Phi) is 3.57. The van der Waals surface area contributed by atoms with Crippen molar-refractivity contribution >= 4 is 6.29 Å². The summed E-state index contributed by atoms with van der Waals surface area (Å²) in [6, 6.07) is 0. The Bertz CT molecular complexity index is 123. The lowest BCUT2D eigenvalue weighted by molar-refractivity contribution is -0.110. The maximum absolute atomic E-state index is 10.3. The predicted molar refractivity (Wildman–Crippen MR) is 43.4 cm³/mol. The van der Waals surface area contributed by atoms with E-state index in [1.165, 1.54) is 12.8 Å². The Morgan fingerprint density at radius 2 is 2.18 bits per heavy atom. The quantitative estimate of drug-likeness (QED) is 0.582. The van der Waals surface area contributed by atoms with Gasteiger partial charge in [0.15, 0.2) is 0 Å². The first-order chi connectivity index (χ1) is 5.38. The van der Waals surface area contributed by atoms with E-state index < -0.39 is 0 Å². The average Bonchev–Trinajstić information content (AvgIpc) is 2.06. The van der Waals surface area contributed by atoms with Crippen LogP contribution in [0.1, 0.15) is 32.1 Å². The molecule has 0 radical (unpaired) electrons. The molecule has 0 bridgehead atoms. The lowest BCUT2D eigenvalue weighted by Crippen LogP contribution is -2.26. The number of rotatable bonds is 3. The van der Waals surface area contributed by atoms with Crippen LogP contribution in [0.3, 0.4) is 0 Å². The summed E-state index contributed by atoms with van der Waals surface area (Å²) in [4.78, 5) is 10.3. The first-order valence-corrected chi connectivity index (χ1v) is 4.35. The highest BCUT2D eigenvalue weighted by Crippen LogP contribution is 2.27. The second-order valence-corrected chi connectivity index (χ2v) is 3.22. The van der Waals surface area contributed by atoms with Gasteiger partial charge in [0.05, 0.1) is 6.10 Å². The van der Waals surface area contributed by atoms with Crippen LogP contribution in [0.5, 0.6) is 0 Å². The van der Waals surface area contributed by atoms with Gasteiger partial charge in [0.2, 0.25) is 0 Å². The molecule has 0 amide bonds. The molecule has 2 unspecified atom stereocenters. The van der Waals surface area contributed by atoms with Crippen LogP contribution < -0.4 is 0 Å². The Balaban J connectivity index is 2.37. The summed E-state index contributed by atoms with van der Waals surface area (Å²) >= 11 is 0. The van der Waals surface area contributed by atoms with E-state index in [0.29, 0.717) is 18.4 Å². The van der Waals surface area contributed by atoms with E-state index in [2.05, 4.69) is 0 Å². The monoisotopic (exact) mass is 156 g/mol. The molecule has 0 aromatic heterocycles. The van der Waals surface area contributed by atoms with Crippen LogP contribution >= 0.6 is 0 Å². The highest BCUT2D eigenvalue weighted by Gasteiger charge is 2.23. The average molecular weight is 156 g/mol. The summed E-state index contributed by atoms with van der Waals surface area (Å²) in [7, 11) is 1.74. The molecule has 2 nitrogen and oxygen atoms in total. The normalized spacial score (nSPS) is 31.7. The summed E-state index contributed by atoms with van der Waals surface area (Å²) in [5.74, 6) is 0.492. The molecule has 0 aromatic rings. The summed E-state index contributed by atoms with van der Waals surface area (Å²) in [6.07, 6.45) is 6.85. The number of hydrogen-bond acceptors (Lipinski definition) is 2. The number of carbonyl (C=O) groups is 1. The van der Waals surface area contributed by atoms with Crippen LogP contribution in [0.2, 0.25) is 0 Å². The van der Waals surface area contributed by atoms with Crippen molar-refractivity contribution < 1.29 is 9.53 Å². The van der Waals surface area contributed by atoms with Gasteiger partial charge in [-0.05, 0) is 18.8 Å². The smallest absolute Gasteiger partial charge is 0.120 e. The van der Waals surface area contributed by atoms with Crippen molar-refractivity contribution in [3.8, 4) is 0 Å². The van der Waals surface area contributed by atoms with Crippen LogP contribution in [0.25, 0.3) is 0 Å². The molecule has 0 saturated heterocycles. The third-order valence-corrected chi connectivity index (χ3v) is 2.54. The SMILES string of the molecule is COC1CCCCC1CC=O. The van der Waals surface area contributed by atoms with E-state index in [0.717, 1.165) is 19.1 Å².